The molecule has 1 aliphatic heterocycles. The van der Waals surface area contributed by atoms with Gasteiger partial charge in [-0.05, 0) is 31.2 Å². The zero-order valence-corrected chi connectivity index (χ0v) is 13.7. The quantitative estimate of drug-likeness (QED) is 0.845. The molecule has 0 aromatic heterocycles. The van der Waals surface area contributed by atoms with Crippen molar-refractivity contribution in [3.05, 3.63) is 35.9 Å². The molecule has 2 N–H and O–H groups in total. The third-order valence-electron chi connectivity index (χ3n) is 4.73. The van der Waals surface area contributed by atoms with Gasteiger partial charge in [0, 0.05) is 19.1 Å². The summed E-state index contributed by atoms with van der Waals surface area (Å²) < 4.78 is 5.34. The summed E-state index contributed by atoms with van der Waals surface area (Å²) in [6.45, 7) is 4.92. The highest BCUT2D eigenvalue weighted by Crippen LogP contribution is 2.27. The first-order valence-corrected chi connectivity index (χ1v) is 8.16. The van der Waals surface area contributed by atoms with Gasteiger partial charge in [0.1, 0.15) is 0 Å². The molecule has 1 aliphatic rings. The Balaban J connectivity index is 2.10. The fraction of sp³-hybridized carbons (Fsp3) is 0.556. The van der Waals surface area contributed by atoms with Crippen molar-refractivity contribution in [3.8, 4) is 0 Å². The number of carbonyl (C=O) groups is 2. The van der Waals surface area contributed by atoms with Gasteiger partial charge in [-0.1, -0.05) is 37.3 Å². The largest absolute Gasteiger partial charge is 0.481 e. The minimum absolute atomic E-state index is 0.0844. The second-order valence-corrected chi connectivity index (χ2v) is 6.26. The number of aliphatic carboxylic acids is 1. The Kier molecular flexibility index (Phi) is 6.16. The second-order valence-electron chi connectivity index (χ2n) is 6.26. The molecule has 2 rings (SSSR count). The summed E-state index contributed by atoms with van der Waals surface area (Å²) >= 11 is 0. The standard InChI is InChI=1S/C18H25NO4/c1-12(14-8-10-23-11-9-14)17(20)19-16(13(2)18(21)22)15-6-4-3-5-7-15/h3-7,12-14,16H,8-11H2,1-2H3,(H,19,20)(H,21,22). The lowest BCUT2D eigenvalue weighted by molar-refractivity contribution is -0.142. The average Bonchev–Trinajstić information content (AvgIpc) is 2.59. The Bertz CT molecular complexity index is 525. The van der Waals surface area contributed by atoms with Gasteiger partial charge in [0.25, 0.3) is 0 Å². The van der Waals surface area contributed by atoms with Crippen LogP contribution >= 0.6 is 0 Å². The number of carboxylic acids is 1. The highest BCUT2D eigenvalue weighted by molar-refractivity contribution is 5.80. The second kappa shape index (κ2) is 8.11. The van der Waals surface area contributed by atoms with Crippen LogP contribution in [0.2, 0.25) is 0 Å². The van der Waals surface area contributed by atoms with Crippen LogP contribution in [0.3, 0.4) is 0 Å². The smallest absolute Gasteiger partial charge is 0.308 e. The summed E-state index contributed by atoms with van der Waals surface area (Å²) in [5.74, 6) is -1.55. The van der Waals surface area contributed by atoms with E-state index in [1.165, 1.54) is 0 Å². The highest BCUT2D eigenvalue weighted by Gasteiger charge is 2.31. The molecule has 0 aliphatic carbocycles. The Morgan fingerprint density at radius 1 is 1.17 bits per heavy atom. The van der Waals surface area contributed by atoms with Gasteiger partial charge in [0.05, 0.1) is 12.0 Å². The Morgan fingerprint density at radius 2 is 1.78 bits per heavy atom. The van der Waals surface area contributed by atoms with E-state index in [1.54, 1.807) is 6.92 Å². The van der Waals surface area contributed by atoms with E-state index in [2.05, 4.69) is 5.32 Å². The predicted molar refractivity (Wildman–Crippen MR) is 86.8 cm³/mol. The fourth-order valence-electron chi connectivity index (χ4n) is 3.01. The molecule has 0 saturated carbocycles. The van der Waals surface area contributed by atoms with Crippen LogP contribution < -0.4 is 5.32 Å². The number of rotatable bonds is 6. The minimum Gasteiger partial charge on any atom is -0.481 e. The maximum atomic E-state index is 12.6. The zero-order valence-electron chi connectivity index (χ0n) is 13.7. The number of carboxylic acid groups (broad SMARTS) is 1. The van der Waals surface area contributed by atoms with Gasteiger partial charge in [-0.25, -0.2) is 0 Å². The molecular weight excluding hydrogens is 294 g/mol. The van der Waals surface area contributed by atoms with E-state index in [4.69, 9.17) is 4.74 Å². The van der Waals surface area contributed by atoms with Crippen LogP contribution in [-0.2, 0) is 14.3 Å². The van der Waals surface area contributed by atoms with Crippen molar-refractivity contribution in [2.24, 2.45) is 17.8 Å². The summed E-state index contributed by atoms with van der Waals surface area (Å²) in [6, 6.07) is 8.75. The van der Waals surface area contributed by atoms with Gasteiger partial charge in [0.2, 0.25) is 5.91 Å². The molecule has 126 valence electrons. The van der Waals surface area contributed by atoms with Gasteiger partial charge < -0.3 is 15.2 Å². The first-order chi connectivity index (χ1) is 11.0. The van der Waals surface area contributed by atoms with Crippen LogP contribution in [0.4, 0.5) is 0 Å². The van der Waals surface area contributed by atoms with Crippen molar-refractivity contribution in [2.45, 2.75) is 32.7 Å². The van der Waals surface area contributed by atoms with Crippen molar-refractivity contribution in [1.29, 1.82) is 0 Å². The molecule has 0 spiro atoms. The molecule has 23 heavy (non-hydrogen) atoms. The van der Waals surface area contributed by atoms with E-state index < -0.39 is 17.9 Å². The van der Waals surface area contributed by atoms with Gasteiger partial charge in [-0.2, -0.15) is 0 Å². The maximum absolute atomic E-state index is 12.6. The molecule has 0 radical (unpaired) electrons. The summed E-state index contributed by atoms with van der Waals surface area (Å²) in [5, 5.41) is 12.3. The zero-order chi connectivity index (χ0) is 16.8. The third kappa shape index (κ3) is 4.55. The van der Waals surface area contributed by atoms with E-state index >= 15 is 0 Å². The molecule has 1 saturated heterocycles. The first kappa shape index (κ1) is 17.5. The molecule has 3 atom stereocenters. The highest BCUT2D eigenvalue weighted by atomic mass is 16.5. The SMILES string of the molecule is CC(C(=O)NC(c1ccccc1)C(C)C(=O)O)C1CCOCC1. The topological polar surface area (TPSA) is 75.6 Å². The van der Waals surface area contributed by atoms with Crippen LogP contribution in [0, 0.1) is 17.8 Å². The molecule has 5 heteroatoms. The maximum Gasteiger partial charge on any atom is 0.308 e. The lowest BCUT2D eigenvalue weighted by Gasteiger charge is -2.30. The van der Waals surface area contributed by atoms with E-state index in [0.717, 1.165) is 18.4 Å². The molecule has 0 bridgehead atoms. The molecule has 1 heterocycles. The van der Waals surface area contributed by atoms with Crippen molar-refractivity contribution in [1.82, 2.24) is 5.32 Å². The number of hydrogen-bond acceptors (Lipinski definition) is 3. The molecule has 5 nitrogen and oxygen atoms in total. The Labute approximate surface area is 137 Å². The summed E-state index contributed by atoms with van der Waals surface area (Å²) in [7, 11) is 0. The molecular formula is C18H25NO4. The van der Waals surface area contributed by atoms with Crippen LogP contribution in [0.5, 0.6) is 0 Å². The van der Waals surface area contributed by atoms with Gasteiger partial charge in [0.15, 0.2) is 0 Å². The monoisotopic (exact) mass is 319 g/mol. The summed E-state index contributed by atoms with van der Waals surface area (Å²) in [6.07, 6.45) is 1.75. The number of benzene rings is 1. The molecule has 1 amide bonds. The van der Waals surface area contributed by atoms with Crippen molar-refractivity contribution < 1.29 is 19.4 Å². The molecule has 1 aromatic rings. The predicted octanol–water partition coefficient (Wildman–Crippen LogP) is 2.63. The third-order valence-corrected chi connectivity index (χ3v) is 4.73. The van der Waals surface area contributed by atoms with Crippen LogP contribution in [-0.4, -0.2) is 30.2 Å². The van der Waals surface area contributed by atoms with E-state index in [9.17, 15) is 14.7 Å². The van der Waals surface area contributed by atoms with E-state index in [1.807, 2.05) is 37.3 Å². The van der Waals surface area contributed by atoms with Gasteiger partial charge in [-0.15, -0.1) is 0 Å². The lowest BCUT2D eigenvalue weighted by Crippen LogP contribution is -2.41. The summed E-state index contributed by atoms with van der Waals surface area (Å²) in [4.78, 5) is 24.0. The van der Waals surface area contributed by atoms with Crippen molar-refractivity contribution in [3.63, 3.8) is 0 Å². The van der Waals surface area contributed by atoms with Gasteiger partial charge >= 0.3 is 5.97 Å². The molecule has 1 aromatic carbocycles. The molecule has 3 unspecified atom stereocenters. The van der Waals surface area contributed by atoms with Crippen LogP contribution in [0.1, 0.15) is 38.3 Å². The van der Waals surface area contributed by atoms with E-state index in [-0.39, 0.29) is 11.8 Å². The first-order valence-electron chi connectivity index (χ1n) is 8.16. The summed E-state index contributed by atoms with van der Waals surface area (Å²) in [5.41, 5.74) is 0.815. The van der Waals surface area contributed by atoms with Crippen LogP contribution in [0.15, 0.2) is 30.3 Å². The fourth-order valence-corrected chi connectivity index (χ4v) is 3.01. The average molecular weight is 319 g/mol. The van der Waals surface area contributed by atoms with E-state index in [0.29, 0.717) is 19.1 Å². The van der Waals surface area contributed by atoms with Crippen molar-refractivity contribution in [2.75, 3.05) is 13.2 Å². The number of nitrogens with one attached hydrogen (secondary N) is 1. The van der Waals surface area contributed by atoms with Crippen molar-refractivity contribution >= 4 is 11.9 Å². The van der Waals surface area contributed by atoms with Gasteiger partial charge in [-0.3, -0.25) is 9.59 Å². The number of hydrogen-bond donors (Lipinski definition) is 2. The Morgan fingerprint density at radius 3 is 2.35 bits per heavy atom. The number of amides is 1. The normalized spacial score (nSPS) is 19.6. The molecule has 1 fully saturated rings. The Hall–Kier alpha value is -1.88. The minimum atomic E-state index is -0.919. The van der Waals surface area contributed by atoms with Crippen LogP contribution in [0.25, 0.3) is 0 Å². The number of carbonyl (C=O) groups excluding carboxylic acids is 1. The lowest BCUT2D eigenvalue weighted by atomic mass is 9.86. The number of ether oxygens (including phenoxy) is 1.